The summed E-state index contributed by atoms with van der Waals surface area (Å²) in [6.45, 7) is 4.63. The SMILES string of the molecule is CCn1c(SCC(=O)N/N=C(/C)c2ccccc2)nnc1-c1ccccc1. The van der Waals surface area contributed by atoms with Crippen molar-refractivity contribution in [1.29, 1.82) is 0 Å². The van der Waals surface area contributed by atoms with Gasteiger partial charge in [0.05, 0.1) is 11.5 Å². The number of aromatic nitrogens is 3. The minimum atomic E-state index is -0.179. The van der Waals surface area contributed by atoms with Crippen LogP contribution in [0.4, 0.5) is 0 Å². The van der Waals surface area contributed by atoms with E-state index in [4.69, 9.17) is 0 Å². The van der Waals surface area contributed by atoms with Crippen LogP contribution in [0.25, 0.3) is 11.4 Å². The van der Waals surface area contributed by atoms with Crippen LogP contribution in [0.2, 0.25) is 0 Å². The Kier molecular flexibility index (Phi) is 6.38. The van der Waals surface area contributed by atoms with Gasteiger partial charge in [-0.15, -0.1) is 10.2 Å². The van der Waals surface area contributed by atoms with E-state index < -0.39 is 0 Å². The van der Waals surface area contributed by atoms with Gasteiger partial charge in [-0.1, -0.05) is 72.4 Å². The number of hydrogen-bond acceptors (Lipinski definition) is 5. The van der Waals surface area contributed by atoms with Gasteiger partial charge >= 0.3 is 0 Å². The van der Waals surface area contributed by atoms with E-state index in [2.05, 4.69) is 20.7 Å². The monoisotopic (exact) mass is 379 g/mol. The van der Waals surface area contributed by atoms with Crippen molar-refractivity contribution < 1.29 is 4.79 Å². The fourth-order valence-corrected chi connectivity index (χ4v) is 3.33. The maximum absolute atomic E-state index is 12.1. The first kappa shape index (κ1) is 18.8. The number of carbonyl (C=O) groups is 1. The van der Waals surface area contributed by atoms with Crippen LogP contribution in [0.3, 0.4) is 0 Å². The second-order valence-electron chi connectivity index (χ2n) is 5.80. The highest BCUT2D eigenvalue weighted by Gasteiger charge is 2.14. The number of thioether (sulfide) groups is 1. The predicted octanol–water partition coefficient (Wildman–Crippen LogP) is 3.60. The Balaban J connectivity index is 1.62. The van der Waals surface area contributed by atoms with E-state index >= 15 is 0 Å². The van der Waals surface area contributed by atoms with E-state index in [0.717, 1.165) is 34.4 Å². The molecule has 27 heavy (non-hydrogen) atoms. The molecule has 0 saturated carbocycles. The lowest BCUT2D eigenvalue weighted by Gasteiger charge is -2.07. The van der Waals surface area contributed by atoms with Crippen LogP contribution in [0.5, 0.6) is 0 Å². The lowest BCUT2D eigenvalue weighted by molar-refractivity contribution is -0.118. The van der Waals surface area contributed by atoms with Gasteiger partial charge in [0.1, 0.15) is 0 Å². The second-order valence-corrected chi connectivity index (χ2v) is 6.75. The first-order valence-electron chi connectivity index (χ1n) is 8.69. The Morgan fingerprint density at radius 2 is 1.74 bits per heavy atom. The topological polar surface area (TPSA) is 72.2 Å². The molecule has 0 saturated heterocycles. The average Bonchev–Trinajstić information content (AvgIpc) is 3.14. The van der Waals surface area contributed by atoms with E-state index in [9.17, 15) is 4.79 Å². The highest BCUT2D eigenvalue weighted by atomic mass is 32.2. The summed E-state index contributed by atoms with van der Waals surface area (Å²) >= 11 is 1.35. The van der Waals surface area contributed by atoms with Gasteiger partial charge in [-0.2, -0.15) is 5.10 Å². The molecule has 6 nitrogen and oxygen atoms in total. The van der Waals surface area contributed by atoms with Gasteiger partial charge < -0.3 is 4.57 Å². The van der Waals surface area contributed by atoms with E-state index in [0.29, 0.717) is 0 Å². The van der Waals surface area contributed by atoms with Crippen LogP contribution >= 0.6 is 11.8 Å². The fraction of sp³-hybridized carbons (Fsp3) is 0.200. The van der Waals surface area contributed by atoms with Crippen molar-refractivity contribution in [2.45, 2.75) is 25.5 Å². The van der Waals surface area contributed by atoms with Crippen LogP contribution in [0, 0.1) is 0 Å². The third-order valence-electron chi connectivity index (χ3n) is 3.94. The predicted molar refractivity (Wildman–Crippen MR) is 109 cm³/mol. The van der Waals surface area contributed by atoms with E-state index in [1.54, 1.807) is 0 Å². The third kappa shape index (κ3) is 4.83. The molecule has 0 aliphatic carbocycles. The van der Waals surface area contributed by atoms with Crippen molar-refractivity contribution in [3.05, 3.63) is 66.2 Å². The van der Waals surface area contributed by atoms with Crippen LogP contribution in [-0.2, 0) is 11.3 Å². The zero-order valence-electron chi connectivity index (χ0n) is 15.3. The fourth-order valence-electron chi connectivity index (χ4n) is 2.53. The number of rotatable bonds is 7. The normalized spacial score (nSPS) is 11.4. The summed E-state index contributed by atoms with van der Waals surface area (Å²) in [6.07, 6.45) is 0. The van der Waals surface area contributed by atoms with Gasteiger partial charge in [0.15, 0.2) is 11.0 Å². The molecule has 3 rings (SSSR count). The van der Waals surface area contributed by atoms with Crippen LogP contribution in [-0.4, -0.2) is 32.1 Å². The molecule has 0 spiro atoms. The summed E-state index contributed by atoms with van der Waals surface area (Å²) < 4.78 is 2.01. The molecule has 0 unspecified atom stereocenters. The molecule has 1 aromatic heterocycles. The molecule has 0 aliphatic heterocycles. The molecule has 1 N–H and O–H groups in total. The number of nitrogens with zero attached hydrogens (tertiary/aromatic N) is 4. The molecule has 0 bridgehead atoms. The Labute approximate surface area is 162 Å². The highest BCUT2D eigenvalue weighted by Crippen LogP contribution is 2.23. The standard InChI is InChI=1S/C20H21N5OS/c1-3-25-19(17-12-8-5-9-13-17)23-24-20(25)27-14-18(26)22-21-15(2)16-10-6-4-7-11-16/h4-13H,3,14H2,1-2H3,(H,22,26)/b21-15-. The lowest BCUT2D eigenvalue weighted by atomic mass is 10.1. The van der Waals surface area contributed by atoms with E-state index in [1.165, 1.54) is 11.8 Å². The molecule has 0 aliphatic rings. The number of benzene rings is 2. The van der Waals surface area contributed by atoms with Crippen LogP contribution in [0.1, 0.15) is 19.4 Å². The Bertz CT molecular complexity index is 922. The smallest absolute Gasteiger partial charge is 0.250 e. The minimum Gasteiger partial charge on any atom is -0.302 e. The Morgan fingerprint density at radius 3 is 2.41 bits per heavy atom. The summed E-state index contributed by atoms with van der Waals surface area (Å²) in [6, 6.07) is 19.6. The first-order chi connectivity index (χ1) is 13.2. The Morgan fingerprint density at radius 1 is 1.07 bits per heavy atom. The van der Waals surface area contributed by atoms with Crippen molar-refractivity contribution in [1.82, 2.24) is 20.2 Å². The molecule has 138 valence electrons. The number of hydrazone groups is 1. The molecule has 0 radical (unpaired) electrons. The van der Waals surface area contributed by atoms with Crippen molar-refractivity contribution in [2.75, 3.05) is 5.75 Å². The van der Waals surface area contributed by atoms with Crippen LogP contribution in [0.15, 0.2) is 70.9 Å². The quantitative estimate of drug-likeness (QED) is 0.387. The zero-order chi connectivity index (χ0) is 19.1. The van der Waals surface area contributed by atoms with Gasteiger partial charge in [-0.3, -0.25) is 4.79 Å². The average molecular weight is 379 g/mol. The maximum atomic E-state index is 12.1. The minimum absolute atomic E-state index is 0.179. The van der Waals surface area contributed by atoms with Gasteiger partial charge in [-0.05, 0) is 19.4 Å². The maximum Gasteiger partial charge on any atom is 0.250 e. The molecule has 3 aromatic rings. The molecule has 0 fully saturated rings. The summed E-state index contributed by atoms with van der Waals surface area (Å²) in [5.74, 6) is 0.847. The van der Waals surface area contributed by atoms with Gasteiger partial charge in [0.2, 0.25) is 0 Å². The lowest BCUT2D eigenvalue weighted by Crippen LogP contribution is -2.21. The molecule has 7 heteroatoms. The summed E-state index contributed by atoms with van der Waals surface area (Å²) in [5, 5.41) is 13.4. The number of amides is 1. The molecular formula is C20H21N5OS. The first-order valence-corrected chi connectivity index (χ1v) is 9.67. The number of nitrogens with one attached hydrogen (secondary N) is 1. The number of carbonyl (C=O) groups excluding carboxylic acids is 1. The zero-order valence-corrected chi connectivity index (χ0v) is 16.1. The van der Waals surface area contributed by atoms with Crippen molar-refractivity contribution in [2.24, 2.45) is 5.10 Å². The van der Waals surface area contributed by atoms with E-state index in [1.807, 2.05) is 79.1 Å². The highest BCUT2D eigenvalue weighted by molar-refractivity contribution is 7.99. The van der Waals surface area contributed by atoms with Crippen molar-refractivity contribution >= 4 is 23.4 Å². The molecular weight excluding hydrogens is 358 g/mol. The number of hydrogen-bond donors (Lipinski definition) is 1. The van der Waals surface area contributed by atoms with Gasteiger partial charge in [-0.25, -0.2) is 5.43 Å². The molecule has 1 heterocycles. The second kappa shape index (κ2) is 9.14. The molecule has 1 amide bonds. The summed E-state index contributed by atoms with van der Waals surface area (Å²) in [4.78, 5) is 12.1. The Hall–Kier alpha value is -2.93. The van der Waals surface area contributed by atoms with Crippen molar-refractivity contribution in [3.63, 3.8) is 0 Å². The van der Waals surface area contributed by atoms with Gasteiger partial charge in [0.25, 0.3) is 5.91 Å². The summed E-state index contributed by atoms with van der Waals surface area (Å²) in [7, 11) is 0. The van der Waals surface area contributed by atoms with Crippen LogP contribution < -0.4 is 5.43 Å². The van der Waals surface area contributed by atoms with E-state index in [-0.39, 0.29) is 11.7 Å². The third-order valence-corrected chi connectivity index (χ3v) is 4.90. The largest absolute Gasteiger partial charge is 0.302 e. The molecule has 2 aromatic carbocycles. The van der Waals surface area contributed by atoms with Gasteiger partial charge in [0, 0.05) is 12.1 Å². The molecule has 0 atom stereocenters. The van der Waals surface area contributed by atoms with Crippen molar-refractivity contribution in [3.8, 4) is 11.4 Å². The summed E-state index contributed by atoms with van der Waals surface area (Å²) in [5.41, 5.74) is 5.34.